The van der Waals surface area contributed by atoms with Crippen LogP contribution in [0.15, 0.2) is 29.3 Å². The van der Waals surface area contributed by atoms with Gasteiger partial charge in [0.2, 0.25) is 0 Å². The second-order valence-corrected chi connectivity index (χ2v) is 7.82. The summed E-state index contributed by atoms with van der Waals surface area (Å²) in [6, 6.07) is 8.01. The van der Waals surface area contributed by atoms with E-state index < -0.39 is 0 Å². The van der Waals surface area contributed by atoms with Gasteiger partial charge in [0.05, 0.1) is 24.8 Å². The van der Waals surface area contributed by atoms with Gasteiger partial charge in [-0.3, -0.25) is 4.79 Å². The van der Waals surface area contributed by atoms with Crippen LogP contribution in [0.4, 0.5) is 0 Å². The van der Waals surface area contributed by atoms with Crippen LogP contribution in [-0.2, 0) is 11.3 Å². The Morgan fingerprint density at radius 3 is 2.82 bits per heavy atom. The number of carbonyl (C=O) groups excluding carboxylic acids is 1. The van der Waals surface area contributed by atoms with Gasteiger partial charge in [0.15, 0.2) is 5.96 Å². The molecule has 3 unspecified atom stereocenters. The topological polar surface area (TPSA) is 78.0 Å². The first-order valence-electron chi connectivity index (χ1n) is 10.3. The number of aliphatic imine (C=N–C) groups is 1. The zero-order valence-corrected chi connectivity index (χ0v) is 17.2. The van der Waals surface area contributed by atoms with Crippen molar-refractivity contribution in [3.8, 4) is 0 Å². The molecule has 2 saturated heterocycles. The summed E-state index contributed by atoms with van der Waals surface area (Å²) in [6.07, 6.45) is 4.08. The molecule has 7 nitrogen and oxygen atoms in total. The molecular weight excluding hydrogens is 354 g/mol. The molecule has 2 fully saturated rings. The van der Waals surface area contributed by atoms with E-state index in [1.807, 2.05) is 43.3 Å². The van der Waals surface area contributed by atoms with Crippen LogP contribution in [0, 0.1) is 0 Å². The van der Waals surface area contributed by atoms with Gasteiger partial charge in [0, 0.05) is 25.2 Å². The number of amides is 1. The number of guanidine groups is 1. The molecule has 2 bridgehead atoms. The first-order valence-corrected chi connectivity index (χ1v) is 10.3. The Hall–Kier alpha value is -2.12. The zero-order valence-electron chi connectivity index (χ0n) is 17.2. The summed E-state index contributed by atoms with van der Waals surface area (Å²) in [6.45, 7) is 4.85. The third-order valence-electron chi connectivity index (χ3n) is 5.23. The van der Waals surface area contributed by atoms with Crippen molar-refractivity contribution in [2.24, 2.45) is 4.99 Å². The van der Waals surface area contributed by atoms with Crippen LogP contribution in [0.25, 0.3) is 0 Å². The second-order valence-electron chi connectivity index (χ2n) is 7.82. The largest absolute Gasteiger partial charge is 0.373 e. The second kappa shape index (κ2) is 9.89. The molecule has 0 saturated carbocycles. The average Bonchev–Trinajstić information content (AvgIpc) is 3.29. The minimum absolute atomic E-state index is 0.0446. The molecule has 2 aliphatic rings. The van der Waals surface area contributed by atoms with E-state index in [9.17, 15) is 4.79 Å². The summed E-state index contributed by atoms with van der Waals surface area (Å²) in [5, 5.41) is 9.79. The molecule has 0 spiro atoms. The van der Waals surface area contributed by atoms with Gasteiger partial charge in [0.25, 0.3) is 5.91 Å². The number of rotatable bonds is 8. The number of benzene rings is 1. The molecule has 0 aliphatic carbocycles. The highest BCUT2D eigenvalue weighted by Crippen LogP contribution is 2.34. The molecule has 0 radical (unpaired) electrons. The van der Waals surface area contributed by atoms with Gasteiger partial charge in [-0.1, -0.05) is 12.1 Å². The van der Waals surface area contributed by atoms with E-state index in [4.69, 9.17) is 9.73 Å². The Morgan fingerprint density at radius 1 is 1.29 bits per heavy atom. The van der Waals surface area contributed by atoms with Gasteiger partial charge in [-0.15, -0.1) is 0 Å². The molecular formula is C21H33N5O2. The summed E-state index contributed by atoms with van der Waals surface area (Å²) in [7, 11) is 3.98. The Balaban J connectivity index is 1.57. The number of likely N-dealkylation sites (N-methyl/N-ethyl adjacent to an activating group) is 1. The van der Waals surface area contributed by atoms with Gasteiger partial charge >= 0.3 is 0 Å². The van der Waals surface area contributed by atoms with Crippen molar-refractivity contribution in [1.29, 1.82) is 0 Å². The SMILES string of the molecule is CCNC(=NCc1cccc(C(=O)NCCN(C)C)c1)NC1CC2CCC1O2. The van der Waals surface area contributed by atoms with E-state index in [1.165, 1.54) is 6.42 Å². The predicted molar refractivity (Wildman–Crippen MR) is 112 cm³/mol. The maximum absolute atomic E-state index is 12.3. The molecule has 0 aromatic heterocycles. The number of hydrogen-bond acceptors (Lipinski definition) is 4. The zero-order chi connectivity index (χ0) is 19.9. The van der Waals surface area contributed by atoms with Gasteiger partial charge in [-0.25, -0.2) is 4.99 Å². The van der Waals surface area contributed by atoms with Crippen molar-refractivity contribution in [3.63, 3.8) is 0 Å². The normalized spacial score (nSPS) is 23.9. The summed E-state index contributed by atoms with van der Waals surface area (Å²) in [5.41, 5.74) is 1.69. The Kier molecular flexibility index (Phi) is 7.28. The van der Waals surface area contributed by atoms with Crippen molar-refractivity contribution in [3.05, 3.63) is 35.4 Å². The van der Waals surface area contributed by atoms with Crippen LogP contribution in [0.5, 0.6) is 0 Å². The van der Waals surface area contributed by atoms with Crippen LogP contribution in [-0.4, -0.2) is 68.7 Å². The third kappa shape index (κ3) is 5.69. The van der Waals surface area contributed by atoms with Gasteiger partial charge < -0.3 is 25.6 Å². The van der Waals surface area contributed by atoms with Crippen molar-refractivity contribution in [1.82, 2.24) is 20.9 Å². The lowest BCUT2D eigenvalue weighted by atomic mass is 9.96. The number of hydrogen-bond donors (Lipinski definition) is 3. The lowest BCUT2D eigenvalue weighted by Gasteiger charge is -2.22. The molecule has 1 amide bonds. The van der Waals surface area contributed by atoms with Crippen molar-refractivity contribution in [2.45, 2.75) is 51.0 Å². The first kappa shape index (κ1) is 20.6. The van der Waals surface area contributed by atoms with Crippen LogP contribution in [0.3, 0.4) is 0 Å². The van der Waals surface area contributed by atoms with Gasteiger partial charge in [0.1, 0.15) is 0 Å². The quantitative estimate of drug-likeness (QED) is 0.464. The lowest BCUT2D eigenvalue weighted by molar-refractivity contribution is 0.0950. The summed E-state index contributed by atoms with van der Waals surface area (Å²) in [5.74, 6) is 0.765. The number of ether oxygens (including phenoxy) is 1. The molecule has 2 heterocycles. The smallest absolute Gasteiger partial charge is 0.251 e. The maximum atomic E-state index is 12.3. The van der Waals surface area contributed by atoms with Crippen molar-refractivity contribution in [2.75, 3.05) is 33.7 Å². The fraction of sp³-hybridized carbons (Fsp3) is 0.619. The summed E-state index contributed by atoms with van der Waals surface area (Å²) >= 11 is 0. The van der Waals surface area contributed by atoms with E-state index in [0.29, 0.717) is 36.9 Å². The number of nitrogens with one attached hydrogen (secondary N) is 3. The molecule has 1 aromatic carbocycles. The Morgan fingerprint density at radius 2 is 2.14 bits per heavy atom. The molecule has 1 aromatic rings. The standard InChI is InChI=1S/C21H33N5O2/c1-4-22-21(25-18-13-17-8-9-19(18)28-17)24-14-15-6-5-7-16(12-15)20(27)23-10-11-26(2)3/h5-7,12,17-19H,4,8-11,13-14H2,1-3H3,(H,23,27)(H2,22,24,25). The van der Waals surface area contributed by atoms with Crippen LogP contribution in [0.2, 0.25) is 0 Å². The van der Waals surface area contributed by atoms with Crippen LogP contribution < -0.4 is 16.0 Å². The lowest BCUT2D eigenvalue weighted by Crippen LogP contribution is -2.47. The van der Waals surface area contributed by atoms with E-state index in [1.54, 1.807) is 0 Å². The molecule has 3 atom stereocenters. The van der Waals surface area contributed by atoms with Gasteiger partial charge in [-0.2, -0.15) is 0 Å². The first-order chi connectivity index (χ1) is 13.5. The highest BCUT2D eigenvalue weighted by Gasteiger charge is 2.41. The molecule has 154 valence electrons. The molecule has 7 heteroatoms. The van der Waals surface area contributed by atoms with Crippen molar-refractivity contribution < 1.29 is 9.53 Å². The number of nitrogens with zero attached hydrogens (tertiary/aromatic N) is 2. The number of fused-ring (bicyclic) bond motifs is 2. The van der Waals surface area contributed by atoms with Crippen molar-refractivity contribution >= 4 is 11.9 Å². The molecule has 3 rings (SSSR count). The van der Waals surface area contributed by atoms with E-state index in [-0.39, 0.29) is 5.91 Å². The van der Waals surface area contributed by atoms with Crippen LogP contribution in [0.1, 0.15) is 42.1 Å². The van der Waals surface area contributed by atoms with E-state index in [0.717, 1.165) is 37.5 Å². The van der Waals surface area contributed by atoms with Crippen LogP contribution >= 0.6 is 0 Å². The molecule has 2 aliphatic heterocycles. The third-order valence-corrected chi connectivity index (χ3v) is 5.23. The maximum Gasteiger partial charge on any atom is 0.251 e. The highest BCUT2D eigenvalue weighted by molar-refractivity contribution is 5.94. The Bertz CT molecular complexity index is 691. The fourth-order valence-corrected chi connectivity index (χ4v) is 3.76. The minimum atomic E-state index is -0.0446. The fourth-order valence-electron chi connectivity index (χ4n) is 3.76. The van der Waals surface area contributed by atoms with E-state index >= 15 is 0 Å². The average molecular weight is 388 g/mol. The summed E-state index contributed by atoms with van der Waals surface area (Å²) in [4.78, 5) is 19.1. The monoisotopic (exact) mass is 387 g/mol. The van der Waals surface area contributed by atoms with Gasteiger partial charge in [-0.05, 0) is 58.0 Å². The molecule has 3 N–H and O–H groups in total. The minimum Gasteiger partial charge on any atom is -0.373 e. The number of carbonyl (C=O) groups is 1. The summed E-state index contributed by atoms with van der Waals surface area (Å²) < 4.78 is 5.92. The molecule has 28 heavy (non-hydrogen) atoms. The predicted octanol–water partition coefficient (Wildman–Crippen LogP) is 1.35. The van der Waals surface area contributed by atoms with E-state index in [2.05, 4.69) is 22.9 Å². The highest BCUT2D eigenvalue weighted by atomic mass is 16.5. The Labute approximate surface area is 167 Å².